The first-order valence-electron chi connectivity index (χ1n) is 9.65. The van der Waals surface area contributed by atoms with Gasteiger partial charge in [-0.1, -0.05) is 44.2 Å². The van der Waals surface area contributed by atoms with Gasteiger partial charge in [-0.05, 0) is 24.3 Å². The normalized spacial score (nSPS) is 26.1. The maximum Gasteiger partial charge on any atom is 0.241 e. The Morgan fingerprint density at radius 2 is 2.04 bits per heavy atom. The van der Waals surface area contributed by atoms with E-state index in [4.69, 9.17) is 0 Å². The van der Waals surface area contributed by atoms with Crippen LogP contribution in [0, 0.1) is 11.8 Å². The Kier molecular flexibility index (Phi) is 6.27. The zero-order chi connectivity index (χ0) is 18.5. The predicted octanol–water partition coefficient (Wildman–Crippen LogP) is 1.26. The Labute approximate surface area is 155 Å². The molecule has 26 heavy (non-hydrogen) atoms. The van der Waals surface area contributed by atoms with Crippen LogP contribution in [-0.4, -0.2) is 48.9 Å². The van der Waals surface area contributed by atoms with Crippen molar-refractivity contribution in [2.45, 2.75) is 38.6 Å². The van der Waals surface area contributed by atoms with Gasteiger partial charge in [-0.2, -0.15) is 0 Å². The van der Waals surface area contributed by atoms with Crippen molar-refractivity contribution in [3.63, 3.8) is 0 Å². The van der Waals surface area contributed by atoms with Crippen LogP contribution in [-0.2, 0) is 9.59 Å². The molecule has 0 aromatic heterocycles. The van der Waals surface area contributed by atoms with E-state index in [1.807, 2.05) is 24.8 Å². The van der Waals surface area contributed by atoms with E-state index in [-0.39, 0.29) is 24.3 Å². The molecular formula is C20H30N4O2. The van der Waals surface area contributed by atoms with Crippen molar-refractivity contribution in [3.05, 3.63) is 35.9 Å². The SMILES string of the molecule is CC(C)C(=O)NCC(=O)N1CCCC(C2NNCC2c2ccccc2)C1. The predicted molar refractivity (Wildman–Crippen MR) is 101 cm³/mol. The number of hydrogen-bond donors (Lipinski definition) is 3. The first-order valence-corrected chi connectivity index (χ1v) is 9.65. The molecule has 2 saturated heterocycles. The lowest BCUT2D eigenvalue weighted by molar-refractivity contribution is -0.135. The molecule has 2 amide bonds. The van der Waals surface area contributed by atoms with Gasteiger partial charge in [0.25, 0.3) is 0 Å². The van der Waals surface area contributed by atoms with Gasteiger partial charge in [0.2, 0.25) is 11.8 Å². The maximum atomic E-state index is 12.5. The number of benzene rings is 1. The molecule has 6 nitrogen and oxygen atoms in total. The van der Waals surface area contributed by atoms with Gasteiger partial charge in [-0.25, -0.2) is 0 Å². The smallest absolute Gasteiger partial charge is 0.241 e. The molecule has 2 aliphatic heterocycles. The molecule has 2 heterocycles. The number of hydrogen-bond acceptors (Lipinski definition) is 4. The molecule has 3 atom stereocenters. The molecular weight excluding hydrogens is 328 g/mol. The lowest BCUT2D eigenvalue weighted by atomic mass is 9.81. The van der Waals surface area contributed by atoms with Crippen LogP contribution in [0.15, 0.2) is 30.3 Å². The van der Waals surface area contributed by atoms with Crippen LogP contribution in [0.25, 0.3) is 0 Å². The summed E-state index contributed by atoms with van der Waals surface area (Å²) in [6.07, 6.45) is 2.12. The minimum atomic E-state index is -0.0997. The van der Waals surface area contributed by atoms with E-state index in [1.54, 1.807) is 0 Å². The zero-order valence-corrected chi connectivity index (χ0v) is 15.7. The summed E-state index contributed by atoms with van der Waals surface area (Å²) in [7, 11) is 0. The lowest BCUT2D eigenvalue weighted by Crippen LogP contribution is -2.50. The molecule has 2 fully saturated rings. The third-order valence-corrected chi connectivity index (χ3v) is 5.51. The van der Waals surface area contributed by atoms with Crippen molar-refractivity contribution in [1.29, 1.82) is 0 Å². The van der Waals surface area contributed by atoms with Gasteiger partial charge < -0.3 is 10.2 Å². The molecule has 0 bridgehead atoms. The van der Waals surface area contributed by atoms with Crippen molar-refractivity contribution < 1.29 is 9.59 Å². The fourth-order valence-electron chi connectivity index (χ4n) is 3.99. The number of likely N-dealkylation sites (tertiary alicyclic amines) is 1. The Morgan fingerprint density at radius 1 is 1.27 bits per heavy atom. The summed E-state index contributed by atoms with van der Waals surface area (Å²) >= 11 is 0. The van der Waals surface area contributed by atoms with Crippen molar-refractivity contribution in [3.8, 4) is 0 Å². The fraction of sp³-hybridized carbons (Fsp3) is 0.600. The number of carbonyl (C=O) groups is 2. The molecule has 0 radical (unpaired) electrons. The Bertz CT molecular complexity index is 619. The first-order chi connectivity index (χ1) is 12.6. The average molecular weight is 358 g/mol. The summed E-state index contributed by atoms with van der Waals surface area (Å²) in [5, 5.41) is 2.74. The molecule has 2 aliphatic rings. The molecule has 6 heteroatoms. The van der Waals surface area contributed by atoms with Gasteiger partial charge in [-0.15, -0.1) is 0 Å². The lowest BCUT2D eigenvalue weighted by Gasteiger charge is -2.37. The molecule has 0 saturated carbocycles. The second-order valence-electron chi connectivity index (χ2n) is 7.68. The minimum absolute atomic E-state index is 0.0194. The van der Waals surface area contributed by atoms with Crippen LogP contribution < -0.4 is 16.2 Å². The van der Waals surface area contributed by atoms with Crippen molar-refractivity contribution >= 4 is 11.8 Å². The van der Waals surface area contributed by atoms with Crippen LogP contribution in [0.1, 0.15) is 38.2 Å². The van der Waals surface area contributed by atoms with E-state index in [0.717, 1.165) is 32.5 Å². The number of amides is 2. The highest BCUT2D eigenvalue weighted by atomic mass is 16.2. The van der Waals surface area contributed by atoms with Crippen molar-refractivity contribution in [1.82, 2.24) is 21.1 Å². The third kappa shape index (κ3) is 4.43. The van der Waals surface area contributed by atoms with E-state index in [0.29, 0.717) is 17.9 Å². The molecule has 1 aromatic rings. The molecule has 3 unspecified atom stereocenters. The van der Waals surface area contributed by atoms with Crippen molar-refractivity contribution in [2.24, 2.45) is 11.8 Å². The van der Waals surface area contributed by atoms with E-state index < -0.39 is 0 Å². The standard InChI is InChI=1S/C20H30N4O2/c1-14(2)20(26)21-12-18(25)24-10-6-9-16(13-24)19-17(11-22-23-19)15-7-4-3-5-8-15/h3-5,7-8,14,16-17,19,22-23H,6,9-13H2,1-2H3,(H,21,26). The largest absolute Gasteiger partial charge is 0.347 e. The maximum absolute atomic E-state index is 12.5. The molecule has 0 aliphatic carbocycles. The molecule has 142 valence electrons. The summed E-state index contributed by atoms with van der Waals surface area (Å²) < 4.78 is 0. The number of nitrogens with one attached hydrogen (secondary N) is 3. The van der Waals surface area contributed by atoms with Gasteiger partial charge in [-0.3, -0.25) is 20.4 Å². The van der Waals surface area contributed by atoms with E-state index in [2.05, 4.69) is 40.4 Å². The highest BCUT2D eigenvalue weighted by Gasteiger charge is 2.37. The third-order valence-electron chi connectivity index (χ3n) is 5.51. The summed E-state index contributed by atoms with van der Waals surface area (Å²) in [6.45, 7) is 6.20. The Balaban J connectivity index is 1.59. The monoisotopic (exact) mass is 358 g/mol. The number of piperidine rings is 1. The van der Waals surface area contributed by atoms with E-state index in [9.17, 15) is 9.59 Å². The Hall–Kier alpha value is -1.92. The fourth-order valence-corrected chi connectivity index (χ4v) is 3.99. The minimum Gasteiger partial charge on any atom is -0.347 e. The van der Waals surface area contributed by atoms with Crippen LogP contribution in [0.4, 0.5) is 0 Å². The average Bonchev–Trinajstić information content (AvgIpc) is 3.16. The van der Waals surface area contributed by atoms with Crippen LogP contribution in [0.3, 0.4) is 0 Å². The molecule has 3 N–H and O–H groups in total. The number of nitrogens with zero attached hydrogens (tertiary/aromatic N) is 1. The zero-order valence-electron chi connectivity index (χ0n) is 15.7. The molecule has 3 rings (SSSR count). The first kappa shape index (κ1) is 18.9. The summed E-state index contributed by atoms with van der Waals surface area (Å²) in [4.78, 5) is 26.1. The van der Waals surface area contributed by atoms with Crippen molar-refractivity contribution in [2.75, 3.05) is 26.2 Å². The topological polar surface area (TPSA) is 73.5 Å². The highest BCUT2D eigenvalue weighted by molar-refractivity contribution is 5.85. The van der Waals surface area contributed by atoms with Crippen LogP contribution in [0.5, 0.6) is 0 Å². The Morgan fingerprint density at radius 3 is 2.77 bits per heavy atom. The second-order valence-corrected chi connectivity index (χ2v) is 7.68. The molecule has 1 aromatic carbocycles. The summed E-state index contributed by atoms with van der Waals surface area (Å²) in [5.74, 6) is 0.673. The summed E-state index contributed by atoms with van der Waals surface area (Å²) in [6, 6.07) is 10.9. The quantitative estimate of drug-likeness (QED) is 0.741. The number of carbonyl (C=O) groups excluding carboxylic acids is 2. The van der Waals surface area contributed by atoms with Gasteiger partial charge in [0.1, 0.15) is 0 Å². The molecule has 0 spiro atoms. The van der Waals surface area contributed by atoms with Crippen LogP contribution in [0.2, 0.25) is 0 Å². The number of hydrazine groups is 1. The number of rotatable bonds is 5. The van der Waals surface area contributed by atoms with E-state index in [1.165, 1.54) is 5.56 Å². The van der Waals surface area contributed by atoms with Gasteiger partial charge in [0, 0.05) is 37.5 Å². The second kappa shape index (κ2) is 8.64. The summed E-state index contributed by atoms with van der Waals surface area (Å²) in [5.41, 5.74) is 8.08. The van der Waals surface area contributed by atoms with Gasteiger partial charge in [0.05, 0.1) is 6.54 Å². The van der Waals surface area contributed by atoms with Gasteiger partial charge in [0.15, 0.2) is 0 Å². The van der Waals surface area contributed by atoms with Gasteiger partial charge >= 0.3 is 0 Å². The van der Waals surface area contributed by atoms with E-state index >= 15 is 0 Å². The highest BCUT2D eigenvalue weighted by Crippen LogP contribution is 2.31. The van der Waals surface area contributed by atoms with Crippen LogP contribution >= 0.6 is 0 Å².